The van der Waals surface area contributed by atoms with Gasteiger partial charge in [0.15, 0.2) is 5.75 Å². The van der Waals surface area contributed by atoms with Crippen LogP contribution in [0.1, 0.15) is 31.9 Å². The number of hydrogen-bond acceptors (Lipinski definition) is 9. The fraction of sp³-hybridized carbons (Fsp3) is 0.273. The highest BCUT2D eigenvalue weighted by molar-refractivity contribution is 7.87. The van der Waals surface area contributed by atoms with Crippen molar-refractivity contribution in [1.29, 1.82) is 0 Å². The lowest BCUT2D eigenvalue weighted by molar-refractivity contribution is 0.340. The van der Waals surface area contributed by atoms with Crippen LogP contribution in [-0.2, 0) is 16.5 Å². The number of aromatic nitrogens is 2. The zero-order chi connectivity index (χ0) is 23.5. The van der Waals surface area contributed by atoms with Gasteiger partial charge in [0.2, 0.25) is 5.95 Å². The molecule has 0 fully saturated rings. The summed E-state index contributed by atoms with van der Waals surface area (Å²) >= 11 is 0. The Bertz CT molecular complexity index is 1230. The second-order valence-electron chi connectivity index (χ2n) is 7.47. The van der Waals surface area contributed by atoms with Crippen molar-refractivity contribution in [3.63, 3.8) is 0 Å². The van der Waals surface area contributed by atoms with E-state index in [0.717, 1.165) is 0 Å². The van der Waals surface area contributed by atoms with Gasteiger partial charge in [-0.3, -0.25) is 0 Å². The zero-order valence-corrected chi connectivity index (χ0v) is 19.0. The molecule has 0 bridgehead atoms. The fourth-order valence-corrected chi connectivity index (χ4v) is 3.65. The normalized spacial score (nSPS) is 11.5. The second-order valence-corrected chi connectivity index (χ2v) is 9.56. The molecule has 0 saturated carbocycles. The predicted molar refractivity (Wildman–Crippen MR) is 126 cm³/mol. The van der Waals surface area contributed by atoms with E-state index in [1.807, 2.05) is 19.1 Å². The smallest absolute Gasteiger partial charge is 0.311 e. The van der Waals surface area contributed by atoms with Crippen LogP contribution >= 0.6 is 0 Å². The molecule has 0 radical (unpaired) electrons. The number of nitrogens with zero attached hydrogens (tertiary/aromatic N) is 2. The van der Waals surface area contributed by atoms with E-state index in [1.165, 1.54) is 6.20 Å². The van der Waals surface area contributed by atoms with E-state index in [9.17, 15) is 8.42 Å². The van der Waals surface area contributed by atoms with E-state index >= 15 is 0 Å². The third kappa shape index (κ3) is 5.20. The second kappa shape index (κ2) is 9.31. The molecule has 0 saturated heterocycles. The lowest BCUT2D eigenvalue weighted by atomic mass is 9.98. The Morgan fingerprint density at radius 1 is 1.06 bits per heavy atom. The van der Waals surface area contributed by atoms with Crippen LogP contribution in [0.25, 0.3) is 11.1 Å². The Hall–Kier alpha value is -3.53. The van der Waals surface area contributed by atoms with Crippen LogP contribution in [0.2, 0.25) is 0 Å². The van der Waals surface area contributed by atoms with Crippen LogP contribution in [0.15, 0.2) is 42.6 Å². The molecule has 0 aliphatic heterocycles. The topological polar surface area (TPSA) is 156 Å². The minimum atomic E-state index is -3.88. The summed E-state index contributed by atoms with van der Waals surface area (Å²) in [6.45, 7) is 5.31. The molecule has 0 unspecified atom stereocenters. The fourth-order valence-electron chi connectivity index (χ4n) is 3.07. The first kappa shape index (κ1) is 23.1. The Labute approximate surface area is 187 Å². The molecule has 0 aliphatic carbocycles. The average molecular weight is 458 g/mol. The maximum atomic E-state index is 12.6. The van der Waals surface area contributed by atoms with E-state index in [1.54, 1.807) is 38.1 Å². The third-order valence-corrected chi connectivity index (χ3v) is 6.26. The lowest BCUT2D eigenvalue weighted by Crippen LogP contribution is -2.20. The van der Waals surface area contributed by atoms with Crippen LogP contribution in [0, 0.1) is 0 Å². The molecule has 9 nitrogen and oxygen atoms in total. The summed E-state index contributed by atoms with van der Waals surface area (Å²) in [6, 6.07) is 10.5. The van der Waals surface area contributed by atoms with Crippen LogP contribution in [0.5, 0.6) is 11.5 Å². The van der Waals surface area contributed by atoms with Crippen molar-refractivity contribution in [2.45, 2.75) is 32.4 Å². The first-order valence-electron chi connectivity index (χ1n) is 10.1. The van der Waals surface area contributed by atoms with E-state index in [-0.39, 0.29) is 17.5 Å². The van der Waals surface area contributed by atoms with Crippen molar-refractivity contribution in [2.75, 3.05) is 23.8 Å². The number of benzene rings is 2. The summed E-state index contributed by atoms with van der Waals surface area (Å²) in [7, 11) is -3.88. The molecule has 1 aromatic heterocycles. The first-order chi connectivity index (χ1) is 15.1. The van der Waals surface area contributed by atoms with E-state index in [2.05, 4.69) is 9.97 Å². The molecule has 170 valence electrons. The van der Waals surface area contributed by atoms with Crippen LogP contribution in [-0.4, -0.2) is 30.2 Å². The molecule has 3 aromatic rings. The summed E-state index contributed by atoms with van der Waals surface area (Å²) in [5, 5.41) is -0.739. The largest absolute Gasteiger partial charge is 0.493 e. The van der Waals surface area contributed by atoms with Crippen LogP contribution in [0.4, 0.5) is 17.5 Å². The van der Waals surface area contributed by atoms with Crippen molar-refractivity contribution < 1.29 is 17.3 Å². The van der Waals surface area contributed by atoms with Gasteiger partial charge in [-0.25, -0.2) is 4.98 Å². The molecule has 10 heteroatoms. The van der Waals surface area contributed by atoms with Gasteiger partial charge in [-0.15, -0.1) is 0 Å². The molecule has 6 N–H and O–H groups in total. The maximum Gasteiger partial charge on any atom is 0.311 e. The SMILES string of the molecule is CCOc1cc(Cc2cnc(N)nc2N)cc(OS(=O)(=O)C(C)C)c1-c1cccc(N)c1. The van der Waals surface area contributed by atoms with Crippen molar-refractivity contribution >= 4 is 27.6 Å². The first-order valence-corrected chi connectivity index (χ1v) is 11.5. The zero-order valence-electron chi connectivity index (χ0n) is 18.2. The minimum absolute atomic E-state index is 0.0744. The van der Waals surface area contributed by atoms with Gasteiger partial charge in [-0.05, 0) is 56.2 Å². The Balaban J connectivity index is 2.20. The van der Waals surface area contributed by atoms with E-state index < -0.39 is 15.4 Å². The van der Waals surface area contributed by atoms with Crippen molar-refractivity contribution in [3.05, 3.63) is 53.7 Å². The van der Waals surface area contributed by atoms with Crippen molar-refractivity contribution in [1.82, 2.24) is 9.97 Å². The number of hydrogen-bond donors (Lipinski definition) is 3. The van der Waals surface area contributed by atoms with Crippen molar-refractivity contribution in [2.24, 2.45) is 0 Å². The Morgan fingerprint density at radius 2 is 1.78 bits per heavy atom. The van der Waals surface area contributed by atoms with Gasteiger partial charge < -0.3 is 26.1 Å². The quantitative estimate of drug-likeness (QED) is 0.342. The average Bonchev–Trinajstić information content (AvgIpc) is 2.70. The molecule has 0 spiro atoms. The summed E-state index contributed by atoms with van der Waals surface area (Å²) in [4.78, 5) is 7.97. The molecular weight excluding hydrogens is 430 g/mol. The monoisotopic (exact) mass is 457 g/mol. The standard InChI is InChI=1S/C22H27N5O4S/c1-4-30-18-9-14(8-16-12-26-22(25)27-21(16)24)10-19(31-32(28,29)13(2)3)20(18)15-6-5-7-17(23)11-15/h5-7,9-13H,4,8,23H2,1-3H3,(H4,24,25,26,27). The Kier molecular flexibility index (Phi) is 6.73. The van der Waals surface area contributed by atoms with Crippen LogP contribution < -0.4 is 26.1 Å². The maximum absolute atomic E-state index is 12.6. The number of nitrogens with two attached hydrogens (primary N) is 3. The van der Waals surface area contributed by atoms with E-state index in [0.29, 0.717) is 46.7 Å². The Morgan fingerprint density at radius 3 is 2.41 bits per heavy atom. The molecule has 0 aliphatic rings. The van der Waals surface area contributed by atoms with Crippen LogP contribution in [0.3, 0.4) is 0 Å². The van der Waals surface area contributed by atoms with Gasteiger partial charge in [-0.1, -0.05) is 12.1 Å². The molecule has 1 heterocycles. The number of nitrogen functional groups attached to an aromatic ring is 3. The van der Waals surface area contributed by atoms with Gasteiger partial charge in [-0.2, -0.15) is 13.4 Å². The van der Waals surface area contributed by atoms with E-state index in [4.69, 9.17) is 26.1 Å². The highest BCUT2D eigenvalue weighted by atomic mass is 32.2. The van der Waals surface area contributed by atoms with Crippen molar-refractivity contribution in [3.8, 4) is 22.6 Å². The molecule has 0 amide bonds. The molecule has 3 rings (SSSR count). The highest BCUT2D eigenvalue weighted by Crippen LogP contribution is 2.42. The molecule has 32 heavy (non-hydrogen) atoms. The third-order valence-electron chi connectivity index (χ3n) is 4.70. The summed E-state index contributed by atoms with van der Waals surface area (Å²) in [5.41, 5.74) is 20.6. The van der Waals surface area contributed by atoms with Gasteiger partial charge in [0.05, 0.1) is 17.4 Å². The van der Waals surface area contributed by atoms with Gasteiger partial charge in [0.25, 0.3) is 0 Å². The number of ether oxygens (including phenoxy) is 1. The highest BCUT2D eigenvalue weighted by Gasteiger charge is 2.24. The number of anilines is 3. The minimum Gasteiger partial charge on any atom is -0.493 e. The summed E-state index contributed by atoms with van der Waals surface area (Å²) in [5.74, 6) is 0.914. The molecule has 0 atom stereocenters. The number of rotatable bonds is 8. The summed E-state index contributed by atoms with van der Waals surface area (Å²) < 4.78 is 36.7. The predicted octanol–water partition coefficient (Wildman–Crippen LogP) is 3.00. The summed E-state index contributed by atoms with van der Waals surface area (Å²) in [6.07, 6.45) is 1.86. The molecular formula is C22H27N5O4S. The van der Waals surface area contributed by atoms with Gasteiger partial charge in [0, 0.05) is 23.9 Å². The van der Waals surface area contributed by atoms with Gasteiger partial charge in [0.1, 0.15) is 11.6 Å². The van der Waals surface area contributed by atoms with Gasteiger partial charge >= 0.3 is 10.1 Å². The lowest BCUT2D eigenvalue weighted by Gasteiger charge is -2.19. The molecule has 2 aromatic carbocycles.